The van der Waals surface area contributed by atoms with Crippen LogP contribution in [0.1, 0.15) is 49.1 Å². The molecule has 1 heterocycles. The minimum absolute atomic E-state index is 0.113. The quantitative estimate of drug-likeness (QED) is 0.929. The Morgan fingerprint density at radius 1 is 1.29 bits per heavy atom. The summed E-state index contributed by atoms with van der Waals surface area (Å²) in [5.41, 5.74) is 11.5. The van der Waals surface area contributed by atoms with Crippen molar-refractivity contribution in [2.45, 2.75) is 59.3 Å². The van der Waals surface area contributed by atoms with E-state index in [-0.39, 0.29) is 17.7 Å². The molecular formula is C18H30N2O. The SMILES string of the molecule is Cc1cc(C)c(C(CN)N2CC(C)OC(C)(C)C2)c(C)c1. The molecule has 0 saturated carbocycles. The summed E-state index contributed by atoms with van der Waals surface area (Å²) in [5.74, 6) is 0. The first-order chi connectivity index (χ1) is 9.73. The molecule has 0 radical (unpaired) electrons. The van der Waals surface area contributed by atoms with Gasteiger partial charge in [-0.1, -0.05) is 17.7 Å². The van der Waals surface area contributed by atoms with Crippen molar-refractivity contribution in [1.82, 2.24) is 4.90 Å². The molecule has 0 aromatic heterocycles. The number of nitrogens with two attached hydrogens (primary N) is 1. The normalized spacial score (nSPS) is 24.0. The van der Waals surface area contributed by atoms with Crippen molar-refractivity contribution in [1.29, 1.82) is 0 Å². The molecule has 2 unspecified atom stereocenters. The van der Waals surface area contributed by atoms with Gasteiger partial charge in [0.2, 0.25) is 0 Å². The molecule has 1 aliphatic rings. The van der Waals surface area contributed by atoms with Crippen molar-refractivity contribution in [3.63, 3.8) is 0 Å². The molecule has 0 aliphatic carbocycles. The van der Waals surface area contributed by atoms with E-state index in [1.54, 1.807) is 0 Å². The van der Waals surface area contributed by atoms with E-state index in [4.69, 9.17) is 10.5 Å². The maximum absolute atomic E-state index is 6.16. The molecule has 0 bridgehead atoms. The molecular weight excluding hydrogens is 260 g/mol. The summed E-state index contributed by atoms with van der Waals surface area (Å²) in [4.78, 5) is 2.50. The third-order valence-electron chi connectivity index (χ3n) is 4.33. The molecule has 2 atom stereocenters. The Bertz CT molecular complexity index is 487. The van der Waals surface area contributed by atoms with Crippen LogP contribution in [0.15, 0.2) is 12.1 Å². The van der Waals surface area contributed by atoms with Gasteiger partial charge in [0, 0.05) is 25.7 Å². The Morgan fingerprint density at radius 3 is 2.33 bits per heavy atom. The monoisotopic (exact) mass is 290 g/mol. The fraction of sp³-hybridized carbons (Fsp3) is 0.667. The second-order valence-corrected chi connectivity index (χ2v) is 7.18. The molecule has 0 spiro atoms. The molecule has 1 aromatic rings. The number of hydrogen-bond acceptors (Lipinski definition) is 3. The van der Waals surface area contributed by atoms with Gasteiger partial charge in [0.1, 0.15) is 0 Å². The molecule has 118 valence electrons. The fourth-order valence-corrected chi connectivity index (χ4v) is 3.91. The van der Waals surface area contributed by atoms with Crippen LogP contribution in [0.4, 0.5) is 0 Å². The highest BCUT2D eigenvalue weighted by molar-refractivity contribution is 5.40. The van der Waals surface area contributed by atoms with Gasteiger partial charge in [-0.25, -0.2) is 0 Å². The van der Waals surface area contributed by atoms with E-state index >= 15 is 0 Å². The lowest BCUT2D eigenvalue weighted by Crippen LogP contribution is -2.54. The first-order valence-electron chi connectivity index (χ1n) is 7.93. The lowest BCUT2D eigenvalue weighted by Gasteiger charge is -2.45. The van der Waals surface area contributed by atoms with Crippen molar-refractivity contribution in [2.24, 2.45) is 5.73 Å². The van der Waals surface area contributed by atoms with Crippen LogP contribution in [0, 0.1) is 20.8 Å². The minimum atomic E-state index is -0.113. The van der Waals surface area contributed by atoms with Crippen LogP contribution < -0.4 is 5.73 Å². The summed E-state index contributed by atoms with van der Waals surface area (Å²) < 4.78 is 6.03. The number of nitrogens with zero attached hydrogens (tertiary/aromatic N) is 1. The highest BCUT2D eigenvalue weighted by Crippen LogP contribution is 2.32. The van der Waals surface area contributed by atoms with Crippen molar-refractivity contribution >= 4 is 0 Å². The summed E-state index contributed by atoms with van der Waals surface area (Å²) in [6, 6.07) is 4.80. The topological polar surface area (TPSA) is 38.5 Å². The Morgan fingerprint density at radius 2 is 1.86 bits per heavy atom. The number of morpholine rings is 1. The van der Waals surface area contributed by atoms with Gasteiger partial charge in [-0.05, 0) is 58.2 Å². The highest BCUT2D eigenvalue weighted by atomic mass is 16.5. The summed E-state index contributed by atoms with van der Waals surface area (Å²) in [5, 5.41) is 0. The van der Waals surface area contributed by atoms with Gasteiger partial charge in [-0.3, -0.25) is 4.90 Å². The zero-order chi connectivity index (χ0) is 15.8. The van der Waals surface area contributed by atoms with Crippen molar-refractivity contribution in [2.75, 3.05) is 19.6 Å². The maximum atomic E-state index is 6.16. The molecule has 21 heavy (non-hydrogen) atoms. The standard InChI is InChI=1S/C18H30N2O/c1-12-7-13(2)17(14(3)8-12)16(9-19)20-10-15(4)21-18(5,6)11-20/h7-8,15-16H,9-11,19H2,1-6H3. The van der Waals surface area contributed by atoms with E-state index in [1.807, 2.05) is 0 Å². The van der Waals surface area contributed by atoms with E-state index in [2.05, 4.69) is 58.6 Å². The van der Waals surface area contributed by atoms with Crippen LogP contribution in [0.25, 0.3) is 0 Å². The summed E-state index contributed by atoms with van der Waals surface area (Å²) in [7, 11) is 0. The second kappa shape index (κ2) is 6.07. The number of aryl methyl sites for hydroxylation is 3. The summed E-state index contributed by atoms with van der Waals surface area (Å²) in [6.45, 7) is 15.5. The second-order valence-electron chi connectivity index (χ2n) is 7.18. The molecule has 3 nitrogen and oxygen atoms in total. The minimum Gasteiger partial charge on any atom is -0.370 e. The Kier molecular flexibility index (Phi) is 4.76. The largest absolute Gasteiger partial charge is 0.370 e. The van der Waals surface area contributed by atoms with Crippen molar-refractivity contribution < 1.29 is 4.74 Å². The van der Waals surface area contributed by atoms with Crippen LogP contribution >= 0.6 is 0 Å². The lowest BCUT2D eigenvalue weighted by molar-refractivity contribution is -0.137. The molecule has 1 fully saturated rings. The average molecular weight is 290 g/mol. The fourth-order valence-electron chi connectivity index (χ4n) is 3.91. The Balaban J connectivity index is 2.36. The van der Waals surface area contributed by atoms with Crippen LogP contribution in [-0.4, -0.2) is 36.2 Å². The predicted molar refractivity (Wildman–Crippen MR) is 88.6 cm³/mol. The van der Waals surface area contributed by atoms with Gasteiger partial charge in [0.15, 0.2) is 0 Å². The third kappa shape index (κ3) is 3.65. The van der Waals surface area contributed by atoms with Crippen LogP contribution in [-0.2, 0) is 4.74 Å². The van der Waals surface area contributed by atoms with E-state index in [9.17, 15) is 0 Å². The third-order valence-corrected chi connectivity index (χ3v) is 4.33. The number of benzene rings is 1. The first kappa shape index (κ1) is 16.5. The zero-order valence-electron chi connectivity index (χ0n) is 14.4. The number of rotatable bonds is 3. The molecule has 1 aliphatic heterocycles. The summed E-state index contributed by atoms with van der Waals surface area (Å²) >= 11 is 0. The van der Waals surface area contributed by atoms with Gasteiger partial charge in [0.05, 0.1) is 11.7 Å². The smallest absolute Gasteiger partial charge is 0.0757 e. The lowest BCUT2D eigenvalue weighted by atomic mass is 9.91. The Hall–Kier alpha value is -0.900. The van der Waals surface area contributed by atoms with Gasteiger partial charge >= 0.3 is 0 Å². The highest BCUT2D eigenvalue weighted by Gasteiger charge is 2.35. The molecule has 0 amide bonds. The van der Waals surface area contributed by atoms with Gasteiger partial charge in [-0.2, -0.15) is 0 Å². The maximum Gasteiger partial charge on any atom is 0.0757 e. The molecule has 2 N–H and O–H groups in total. The number of ether oxygens (including phenoxy) is 1. The molecule has 3 heteroatoms. The predicted octanol–water partition coefficient (Wildman–Crippen LogP) is 3.11. The Labute approximate surface area is 129 Å². The molecule has 1 aromatic carbocycles. The van der Waals surface area contributed by atoms with Gasteiger partial charge in [0.25, 0.3) is 0 Å². The van der Waals surface area contributed by atoms with Crippen LogP contribution in [0.5, 0.6) is 0 Å². The average Bonchev–Trinajstić information content (AvgIpc) is 2.30. The van der Waals surface area contributed by atoms with Crippen molar-refractivity contribution in [3.8, 4) is 0 Å². The van der Waals surface area contributed by atoms with E-state index < -0.39 is 0 Å². The van der Waals surface area contributed by atoms with Crippen LogP contribution in [0.2, 0.25) is 0 Å². The number of hydrogen-bond donors (Lipinski definition) is 1. The molecule has 2 rings (SSSR count). The first-order valence-corrected chi connectivity index (χ1v) is 7.93. The van der Waals surface area contributed by atoms with E-state index in [0.29, 0.717) is 6.54 Å². The summed E-state index contributed by atoms with van der Waals surface area (Å²) in [6.07, 6.45) is 0.244. The zero-order valence-corrected chi connectivity index (χ0v) is 14.4. The molecule has 1 saturated heterocycles. The van der Waals surface area contributed by atoms with E-state index in [1.165, 1.54) is 22.3 Å². The van der Waals surface area contributed by atoms with Crippen molar-refractivity contribution in [3.05, 3.63) is 34.4 Å². The van der Waals surface area contributed by atoms with E-state index in [0.717, 1.165) is 13.1 Å². The van der Waals surface area contributed by atoms with Gasteiger partial charge < -0.3 is 10.5 Å². The van der Waals surface area contributed by atoms with Crippen LogP contribution in [0.3, 0.4) is 0 Å². The van der Waals surface area contributed by atoms with Gasteiger partial charge in [-0.15, -0.1) is 0 Å².